The third-order valence-corrected chi connectivity index (χ3v) is 3.27. The van der Waals surface area contributed by atoms with Crippen molar-refractivity contribution in [2.45, 2.75) is 25.8 Å². The largest absolute Gasteiger partial charge is 0.467 e. The molecule has 2 aliphatic rings. The van der Waals surface area contributed by atoms with E-state index >= 15 is 0 Å². The maximum atomic E-state index is 11.8. The Hall–Kier alpha value is -1.85. The molecular formula is C11H13NO5. The molecule has 0 saturated heterocycles. The number of allylic oxidation sites excluding steroid dienone is 1. The van der Waals surface area contributed by atoms with Crippen LogP contribution in [0.3, 0.4) is 0 Å². The number of ketones is 1. The molecule has 2 unspecified atom stereocenters. The number of nitrogens with zero attached hydrogens (tertiary/aromatic N) is 1. The summed E-state index contributed by atoms with van der Waals surface area (Å²) in [4.78, 5) is 35.4. The Morgan fingerprint density at radius 3 is 2.59 bits per heavy atom. The number of hydrogen-bond acceptors (Lipinski definition) is 4. The van der Waals surface area contributed by atoms with Crippen molar-refractivity contribution in [3.63, 3.8) is 0 Å². The van der Waals surface area contributed by atoms with Gasteiger partial charge in [-0.05, 0) is 6.42 Å². The molecule has 0 fully saturated rings. The minimum absolute atomic E-state index is 0.0577. The van der Waals surface area contributed by atoms with Crippen LogP contribution in [0.5, 0.6) is 0 Å². The number of carboxylic acid groups (broad SMARTS) is 1. The Morgan fingerprint density at radius 2 is 2.06 bits per heavy atom. The minimum Gasteiger partial charge on any atom is -0.467 e. The number of ether oxygens (including phenoxy) is 1. The van der Waals surface area contributed by atoms with Crippen molar-refractivity contribution >= 4 is 17.8 Å². The van der Waals surface area contributed by atoms with Crippen molar-refractivity contribution in [1.82, 2.24) is 4.90 Å². The van der Waals surface area contributed by atoms with Gasteiger partial charge in [-0.3, -0.25) is 9.69 Å². The summed E-state index contributed by atoms with van der Waals surface area (Å²) in [5, 5.41) is 9.12. The number of hydrogen-bond donors (Lipinski definition) is 1. The first-order valence-electron chi connectivity index (χ1n) is 5.33. The topological polar surface area (TPSA) is 83.9 Å². The monoisotopic (exact) mass is 239 g/mol. The van der Waals surface area contributed by atoms with E-state index < -0.39 is 18.1 Å². The summed E-state index contributed by atoms with van der Waals surface area (Å²) in [6, 6.07) is -0.904. The summed E-state index contributed by atoms with van der Waals surface area (Å²) in [6.45, 7) is 1.76. The van der Waals surface area contributed by atoms with Crippen LogP contribution in [0.4, 0.5) is 4.79 Å². The van der Waals surface area contributed by atoms with E-state index in [1.54, 1.807) is 6.92 Å². The number of carbonyl (C=O) groups excluding carboxylic acids is 2. The smallest absolute Gasteiger partial charge is 0.412 e. The Labute approximate surface area is 97.8 Å². The first-order valence-corrected chi connectivity index (χ1v) is 5.33. The van der Waals surface area contributed by atoms with Crippen molar-refractivity contribution in [1.29, 1.82) is 0 Å². The number of esters is 1. The Morgan fingerprint density at radius 1 is 1.41 bits per heavy atom. The molecule has 0 bridgehead atoms. The number of Topliss-reactive ketones (excluding diaryl/α,β-unsaturated/α-hetero) is 1. The first-order chi connectivity index (χ1) is 7.97. The van der Waals surface area contributed by atoms with E-state index in [1.165, 1.54) is 7.11 Å². The highest BCUT2D eigenvalue weighted by atomic mass is 16.5. The summed E-state index contributed by atoms with van der Waals surface area (Å²) >= 11 is 0. The molecule has 2 atom stereocenters. The number of amides is 1. The van der Waals surface area contributed by atoms with E-state index in [9.17, 15) is 14.4 Å². The maximum absolute atomic E-state index is 11.8. The number of rotatable bonds is 1. The van der Waals surface area contributed by atoms with E-state index in [-0.39, 0.29) is 18.1 Å². The van der Waals surface area contributed by atoms with E-state index in [4.69, 9.17) is 5.11 Å². The van der Waals surface area contributed by atoms with Crippen LogP contribution < -0.4 is 0 Å². The third kappa shape index (κ3) is 1.60. The predicted octanol–water partition coefficient (Wildman–Crippen LogP) is 0.775. The lowest BCUT2D eigenvalue weighted by molar-refractivity contribution is -0.145. The average Bonchev–Trinajstić information content (AvgIpc) is 2.76. The summed E-state index contributed by atoms with van der Waals surface area (Å²) < 4.78 is 4.56. The minimum atomic E-state index is -1.22. The van der Waals surface area contributed by atoms with E-state index in [2.05, 4.69) is 4.74 Å². The van der Waals surface area contributed by atoms with Gasteiger partial charge in [0.2, 0.25) is 0 Å². The fourth-order valence-electron chi connectivity index (χ4n) is 2.45. The normalized spacial score (nSPS) is 27.4. The summed E-state index contributed by atoms with van der Waals surface area (Å²) in [5.41, 5.74) is 0.931. The van der Waals surface area contributed by atoms with Crippen LogP contribution in [0.15, 0.2) is 11.3 Å². The second-order valence-electron chi connectivity index (χ2n) is 4.29. The zero-order valence-corrected chi connectivity index (χ0v) is 9.60. The van der Waals surface area contributed by atoms with Gasteiger partial charge in [0.25, 0.3) is 0 Å². The second kappa shape index (κ2) is 3.87. The molecule has 17 heavy (non-hydrogen) atoms. The number of carbonyl (C=O) groups is 3. The summed E-state index contributed by atoms with van der Waals surface area (Å²) in [7, 11) is 1.20. The molecule has 0 aromatic carbocycles. The van der Waals surface area contributed by atoms with Crippen LogP contribution in [0, 0.1) is 5.92 Å². The molecule has 0 aromatic rings. The number of likely N-dealkylation sites (tertiary alicyclic amines) is 1. The quantitative estimate of drug-likeness (QED) is 0.683. The van der Waals surface area contributed by atoms with Crippen LogP contribution in [-0.2, 0) is 14.3 Å². The Balaban J connectivity index is 2.34. The molecule has 0 radical (unpaired) electrons. The van der Waals surface area contributed by atoms with Gasteiger partial charge in [0.15, 0.2) is 5.78 Å². The zero-order chi connectivity index (χ0) is 12.7. The van der Waals surface area contributed by atoms with Crippen LogP contribution in [-0.4, -0.2) is 41.0 Å². The van der Waals surface area contributed by atoms with Crippen LogP contribution in [0.25, 0.3) is 0 Å². The molecule has 1 aliphatic heterocycles. The average molecular weight is 239 g/mol. The molecule has 6 nitrogen and oxygen atoms in total. The molecule has 2 rings (SSSR count). The van der Waals surface area contributed by atoms with Crippen molar-refractivity contribution in [2.75, 3.05) is 7.11 Å². The van der Waals surface area contributed by atoms with Gasteiger partial charge in [0.1, 0.15) is 6.04 Å². The molecule has 1 N–H and O–H groups in total. The lowest BCUT2D eigenvalue weighted by Gasteiger charge is -2.23. The van der Waals surface area contributed by atoms with Gasteiger partial charge in [-0.15, -0.1) is 0 Å². The highest BCUT2D eigenvalue weighted by molar-refractivity contribution is 6.03. The van der Waals surface area contributed by atoms with E-state index in [1.807, 2.05) is 0 Å². The van der Waals surface area contributed by atoms with Gasteiger partial charge >= 0.3 is 12.1 Å². The molecule has 1 aliphatic carbocycles. The SMILES string of the molecule is COC(=O)C1CC2=C(CC(C)C2=O)N1C(=O)O. The van der Waals surface area contributed by atoms with Crippen molar-refractivity contribution in [3.8, 4) is 0 Å². The van der Waals surface area contributed by atoms with Crippen molar-refractivity contribution in [2.24, 2.45) is 5.92 Å². The molecule has 1 amide bonds. The fraction of sp³-hybridized carbons (Fsp3) is 0.545. The highest BCUT2D eigenvalue weighted by Crippen LogP contribution is 2.40. The third-order valence-electron chi connectivity index (χ3n) is 3.27. The van der Waals surface area contributed by atoms with Gasteiger partial charge in [-0.25, -0.2) is 9.59 Å². The Bertz CT molecular complexity index is 439. The van der Waals surface area contributed by atoms with Gasteiger partial charge in [0.05, 0.1) is 7.11 Å². The lowest BCUT2D eigenvalue weighted by Crippen LogP contribution is -2.41. The van der Waals surface area contributed by atoms with Crippen LogP contribution in [0.2, 0.25) is 0 Å². The van der Waals surface area contributed by atoms with Gasteiger partial charge in [-0.1, -0.05) is 6.92 Å². The van der Waals surface area contributed by atoms with Gasteiger partial charge in [0, 0.05) is 23.6 Å². The molecule has 0 spiro atoms. The standard InChI is InChI=1S/C11H13NO5/c1-5-3-7-6(9(5)13)4-8(10(14)17-2)12(7)11(15)16/h5,8H,3-4H2,1-2H3,(H,15,16). The molecule has 0 aromatic heterocycles. The van der Waals surface area contributed by atoms with E-state index in [0.717, 1.165) is 4.90 Å². The molecule has 1 heterocycles. The lowest BCUT2D eigenvalue weighted by atomic mass is 10.0. The summed E-state index contributed by atoms with van der Waals surface area (Å²) in [5.74, 6) is -0.875. The first kappa shape index (κ1) is 11.6. The fourth-order valence-corrected chi connectivity index (χ4v) is 2.45. The van der Waals surface area contributed by atoms with Crippen LogP contribution in [0.1, 0.15) is 19.8 Å². The van der Waals surface area contributed by atoms with Crippen molar-refractivity contribution in [3.05, 3.63) is 11.3 Å². The summed E-state index contributed by atoms with van der Waals surface area (Å²) in [6.07, 6.45) is -0.696. The number of methoxy groups -OCH3 is 1. The van der Waals surface area contributed by atoms with Gasteiger partial charge < -0.3 is 9.84 Å². The van der Waals surface area contributed by atoms with Crippen molar-refractivity contribution < 1.29 is 24.2 Å². The highest BCUT2D eigenvalue weighted by Gasteiger charge is 2.47. The van der Waals surface area contributed by atoms with E-state index in [0.29, 0.717) is 17.7 Å². The predicted molar refractivity (Wildman–Crippen MR) is 56.1 cm³/mol. The molecule has 6 heteroatoms. The maximum Gasteiger partial charge on any atom is 0.412 e. The Kier molecular flexibility index (Phi) is 2.65. The molecular weight excluding hydrogens is 226 g/mol. The molecule has 0 saturated carbocycles. The second-order valence-corrected chi connectivity index (χ2v) is 4.29. The van der Waals surface area contributed by atoms with Crippen LogP contribution >= 0.6 is 0 Å². The zero-order valence-electron chi connectivity index (χ0n) is 9.60. The van der Waals surface area contributed by atoms with Gasteiger partial charge in [-0.2, -0.15) is 0 Å². The molecule has 92 valence electrons.